The van der Waals surface area contributed by atoms with Gasteiger partial charge in [-0.25, -0.2) is 0 Å². The fraction of sp³-hybridized carbons (Fsp3) is 0.300. The van der Waals surface area contributed by atoms with Gasteiger partial charge in [0.05, 0.1) is 0 Å². The molecule has 6 heteroatoms. The van der Waals surface area contributed by atoms with Crippen LogP contribution in [0.5, 0.6) is 0 Å². The van der Waals surface area contributed by atoms with Gasteiger partial charge in [-0.05, 0) is 31.9 Å². The lowest BCUT2D eigenvalue weighted by atomic mass is 9.95. The summed E-state index contributed by atoms with van der Waals surface area (Å²) >= 11 is 0. The van der Waals surface area contributed by atoms with Crippen LogP contribution in [0, 0.1) is 6.92 Å². The largest absolute Gasteiger partial charge is 0.336 e. The summed E-state index contributed by atoms with van der Waals surface area (Å²) in [4.78, 5) is 26.6. The Morgan fingerprint density at radius 3 is 2.46 bits per heavy atom. The predicted octanol–water partition coefficient (Wildman–Crippen LogP) is 2.63. The first kappa shape index (κ1) is 16.4. The zero-order valence-corrected chi connectivity index (χ0v) is 14.6. The van der Waals surface area contributed by atoms with E-state index in [4.69, 9.17) is 0 Å². The smallest absolute Gasteiger partial charge is 0.294 e. The van der Waals surface area contributed by atoms with Crippen LogP contribution in [0.15, 0.2) is 48.7 Å². The molecule has 0 radical (unpaired) electrons. The SMILES string of the molecule is Cc1ccc(C(=O)C(=O)N2CCC(c3nnc4ccccn34)CC2)cc1. The van der Waals surface area contributed by atoms with Gasteiger partial charge in [0, 0.05) is 30.8 Å². The number of carbonyl (C=O) groups excluding carboxylic acids is 2. The molecule has 26 heavy (non-hydrogen) atoms. The number of aryl methyl sites for hydroxylation is 1. The Balaban J connectivity index is 1.44. The second kappa shape index (κ2) is 6.71. The van der Waals surface area contributed by atoms with E-state index in [1.807, 2.05) is 47.9 Å². The van der Waals surface area contributed by atoms with Crippen LogP contribution in [0.25, 0.3) is 5.65 Å². The van der Waals surface area contributed by atoms with Crippen molar-refractivity contribution in [2.75, 3.05) is 13.1 Å². The lowest BCUT2D eigenvalue weighted by Crippen LogP contribution is -2.42. The van der Waals surface area contributed by atoms with E-state index in [9.17, 15) is 9.59 Å². The molecule has 3 aromatic rings. The Labute approximate surface area is 151 Å². The van der Waals surface area contributed by atoms with Gasteiger partial charge >= 0.3 is 0 Å². The topological polar surface area (TPSA) is 67.6 Å². The molecule has 1 amide bonds. The molecule has 4 rings (SSSR count). The molecule has 132 valence electrons. The second-order valence-corrected chi connectivity index (χ2v) is 6.75. The van der Waals surface area contributed by atoms with Gasteiger partial charge in [0.1, 0.15) is 5.82 Å². The number of fused-ring (bicyclic) bond motifs is 1. The number of aromatic nitrogens is 3. The molecule has 2 aromatic heterocycles. The van der Waals surface area contributed by atoms with Crippen LogP contribution >= 0.6 is 0 Å². The van der Waals surface area contributed by atoms with Crippen LogP contribution in [0.1, 0.15) is 40.5 Å². The molecule has 1 aliphatic heterocycles. The number of ketones is 1. The maximum atomic E-state index is 12.5. The van der Waals surface area contributed by atoms with Crippen LogP contribution in [-0.4, -0.2) is 44.3 Å². The van der Waals surface area contributed by atoms with Gasteiger partial charge in [0.15, 0.2) is 5.65 Å². The van der Waals surface area contributed by atoms with Gasteiger partial charge in [-0.15, -0.1) is 10.2 Å². The first-order valence-electron chi connectivity index (χ1n) is 8.83. The normalized spacial score (nSPS) is 15.3. The minimum atomic E-state index is -0.434. The number of nitrogens with zero attached hydrogens (tertiary/aromatic N) is 4. The number of likely N-dealkylation sites (tertiary alicyclic amines) is 1. The number of carbonyl (C=O) groups is 2. The molecule has 0 spiro atoms. The van der Waals surface area contributed by atoms with E-state index in [0.717, 1.165) is 29.9 Å². The van der Waals surface area contributed by atoms with Crippen molar-refractivity contribution in [2.45, 2.75) is 25.7 Å². The van der Waals surface area contributed by atoms with E-state index in [0.29, 0.717) is 18.7 Å². The Bertz CT molecular complexity index is 953. The maximum Gasteiger partial charge on any atom is 0.294 e. The zero-order valence-electron chi connectivity index (χ0n) is 14.6. The molecular formula is C20H20N4O2. The summed E-state index contributed by atoms with van der Waals surface area (Å²) < 4.78 is 2.00. The van der Waals surface area contributed by atoms with Crippen LogP contribution in [-0.2, 0) is 4.79 Å². The second-order valence-electron chi connectivity index (χ2n) is 6.75. The summed E-state index contributed by atoms with van der Waals surface area (Å²) in [6, 6.07) is 12.9. The van der Waals surface area contributed by atoms with E-state index < -0.39 is 11.7 Å². The van der Waals surface area contributed by atoms with Gasteiger partial charge in [0.25, 0.3) is 5.91 Å². The molecule has 0 atom stereocenters. The molecular weight excluding hydrogens is 328 g/mol. The highest BCUT2D eigenvalue weighted by Crippen LogP contribution is 2.27. The zero-order chi connectivity index (χ0) is 18.1. The number of hydrogen-bond donors (Lipinski definition) is 0. The van der Waals surface area contributed by atoms with E-state index in [2.05, 4.69) is 10.2 Å². The molecule has 6 nitrogen and oxygen atoms in total. The number of Topliss-reactive ketones (excluding diaryl/α,β-unsaturated/α-hetero) is 1. The Morgan fingerprint density at radius 2 is 1.73 bits per heavy atom. The molecule has 0 N–H and O–H groups in total. The molecule has 0 aliphatic carbocycles. The maximum absolute atomic E-state index is 12.5. The monoisotopic (exact) mass is 348 g/mol. The molecule has 0 unspecified atom stereocenters. The predicted molar refractivity (Wildman–Crippen MR) is 97.1 cm³/mol. The number of hydrogen-bond acceptors (Lipinski definition) is 4. The van der Waals surface area contributed by atoms with Gasteiger partial charge in [0.2, 0.25) is 5.78 Å². The third kappa shape index (κ3) is 2.98. The first-order valence-corrected chi connectivity index (χ1v) is 8.83. The molecule has 1 aliphatic rings. The van der Waals surface area contributed by atoms with E-state index >= 15 is 0 Å². The molecule has 0 saturated carbocycles. The van der Waals surface area contributed by atoms with Gasteiger partial charge in [-0.3, -0.25) is 14.0 Å². The van der Waals surface area contributed by atoms with Crippen molar-refractivity contribution in [2.24, 2.45) is 0 Å². The van der Waals surface area contributed by atoms with Gasteiger partial charge in [-0.1, -0.05) is 35.9 Å². The Morgan fingerprint density at radius 1 is 1.00 bits per heavy atom. The standard InChI is InChI=1S/C20H20N4O2/c1-14-5-7-15(8-6-14)18(25)20(26)23-12-9-16(10-13-23)19-22-21-17-4-2-3-11-24(17)19/h2-8,11,16H,9-10,12-13H2,1H3. The Hall–Kier alpha value is -3.02. The average Bonchev–Trinajstić information content (AvgIpc) is 3.12. The lowest BCUT2D eigenvalue weighted by molar-refractivity contribution is -0.127. The number of piperidine rings is 1. The van der Waals surface area contributed by atoms with Crippen molar-refractivity contribution >= 4 is 17.3 Å². The Kier molecular flexibility index (Phi) is 4.24. The highest BCUT2D eigenvalue weighted by molar-refractivity contribution is 6.42. The summed E-state index contributed by atoms with van der Waals surface area (Å²) in [5, 5.41) is 8.52. The summed E-state index contributed by atoms with van der Waals surface area (Å²) in [6.45, 7) is 3.07. The molecule has 3 heterocycles. The summed E-state index contributed by atoms with van der Waals surface area (Å²) in [5.41, 5.74) is 2.34. The molecule has 1 fully saturated rings. The van der Waals surface area contributed by atoms with E-state index in [1.54, 1.807) is 17.0 Å². The first-order chi connectivity index (χ1) is 12.6. The lowest BCUT2D eigenvalue weighted by Gasteiger charge is -2.30. The highest BCUT2D eigenvalue weighted by Gasteiger charge is 2.30. The van der Waals surface area contributed by atoms with Crippen LogP contribution in [0.3, 0.4) is 0 Å². The minimum absolute atomic E-state index is 0.242. The van der Waals surface area contributed by atoms with Gasteiger partial charge in [-0.2, -0.15) is 0 Å². The van der Waals surface area contributed by atoms with Crippen LogP contribution in [0.2, 0.25) is 0 Å². The molecule has 0 bridgehead atoms. The number of amides is 1. The summed E-state index contributed by atoms with van der Waals surface area (Å²) in [6.07, 6.45) is 3.52. The van der Waals surface area contributed by atoms with Crippen molar-refractivity contribution in [3.63, 3.8) is 0 Å². The molecule has 1 saturated heterocycles. The number of pyridine rings is 1. The van der Waals surface area contributed by atoms with E-state index in [-0.39, 0.29) is 5.92 Å². The number of benzene rings is 1. The fourth-order valence-corrected chi connectivity index (χ4v) is 3.45. The third-order valence-corrected chi connectivity index (χ3v) is 5.00. The van der Waals surface area contributed by atoms with Crippen molar-refractivity contribution in [3.8, 4) is 0 Å². The van der Waals surface area contributed by atoms with E-state index in [1.165, 1.54) is 0 Å². The van der Waals surface area contributed by atoms with Crippen molar-refractivity contribution < 1.29 is 9.59 Å². The fourth-order valence-electron chi connectivity index (χ4n) is 3.45. The quantitative estimate of drug-likeness (QED) is 0.539. The van der Waals surface area contributed by atoms with Crippen molar-refractivity contribution in [1.29, 1.82) is 0 Å². The van der Waals surface area contributed by atoms with Crippen LogP contribution in [0.4, 0.5) is 0 Å². The molecule has 1 aromatic carbocycles. The van der Waals surface area contributed by atoms with Crippen molar-refractivity contribution in [1.82, 2.24) is 19.5 Å². The summed E-state index contributed by atoms with van der Waals surface area (Å²) in [5.74, 6) is 0.318. The highest BCUT2D eigenvalue weighted by atomic mass is 16.2. The van der Waals surface area contributed by atoms with Crippen molar-refractivity contribution in [3.05, 3.63) is 65.6 Å². The minimum Gasteiger partial charge on any atom is -0.336 e. The average molecular weight is 348 g/mol. The third-order valence-electron chi connectivity index (χ3n) is 5.00. The van der Waals surface area contributed by atoms with Crippen LogP contribution < -0.4 is 0 Å². The summed E-state index contributed by atoms with van der Waals surface area (Å²) in [7, 11) is 0. The number of rotatable bonds is 3. The van der Waals surface area contributed by atoms with Gasteiger partial charge < -0.3 is 4.90 Å².